The summed E-state index contributed by atoms with van der Waals surface area (Å²) in [5.41, 5.74) is 2.18. The molecule has 1 fully saturated rings. The Morgan fingerprint density at radius 3 is 2.59 bits per heavy atom. The number of phenols is 1. The predicted octanol–water partition coefficient (Wildman–Crippen LogP) is 3.55. The fraction of sp³-hybridized carbons (Fsp3) is 0.304. The number of hydrogen-bond donors (Lipinski definition) is 2. The quantitative estimate of drug-likeness (QED) is 0.471. The van der Waals surface area contributed by atoms with Crippen molar-refractivity contribution in [2.24, 2.45) is 0 Å². The Morgan fingerprint density at radius 2 is 1.90 bits per heavy atom. The Balaban J connectivity index is 1.84. The molecule has 2 aromatic rings. The van der Waals surface area contributed by atoms with Gasteiger partial charge in [0, 0.05) is 18.5 Å². The van der Waals surface area contributed by atoms with Crippen LogP contribution in [0, 0.1) is 0 Å². The number of hydrogen-bond acceptors (Lipinski definition) is 5. The van der Waals surface area contributed by atoms with E-state index in [1.54, 1.807) is 24.3 Å². The lowest BCUT2D eigenvalue weighted by Crippen LogP contribution is -2.30. The number of nitrogens with zero attached hydrogens (tertiary/aromatic N) is 1. The molecular formula is C23H23NO5. The molecule has 0 radical (unpaired) electrons. The molecule has 0 spiro atoms. The highest BCUT2D eigenvalue weighted by Crippen LogP contribution is 2.40. The van der Waals surface area contributed by atoms with Crippen LogP contribution in [-0.2, 0) is 16.0 Å². The van der Waals surface area contributed by atoms with E-state index in [0.29, 0.717) is 24.1 Å². The Morgan fingerprint density at radius 1 is 1.17 bits per heavy atom. The summed E-state index contributed by atoms with van der Waals surface area (Å²) < 4.78 is 5.71. The number of rotatable bonds is 4. The van der Waals surface area contributed by atoms with Gasteiger partial charge in [0.2, 0.25) is 0 Å². The number of likely N-dealkylation sites (tertiary alicyclic amines) is 1. The van der Waals surface area contributed by atoms with Crippen molar-refractivity contribution in [1.29, 1.82) is 0 Å². The summed E-state index contributed by atoms with van der Waals surface area (Å²) in [5, 5.41) is 20.7. The Kier molecular flexibility index (Phi) is 4.78. The molecular weight excluding hydrogens is 370 g/mol. The van der Waals surface area contributed by atoms with Gasteiger partial charge in [0.1, 0.15) is 23.4 Å². The van der Waals surface area contributed by atoms with Gasteiger partial charge in [0.25, 0.3) is 11.7 Å². The number of aliphatic hydroxyl groups is 1. The third-order valence-electron chi connectivity index (χ3n) is 5.38. The van der Waals surface area contributed by atoms with Gasteiger partial charge in [-0.3, -0.25) is 9.59 Å². The van der Waals surface area contributed by atoms with Crippen molar-refractivity contribution in [3.8, 4) is 11.5 Å². The van der Waals surface area contributed by atoms with Crippen molar-refractivity contribution in [1.82, 2.24) is 4.90 Å². The van der Waals surface area contributed by atoms with Crippen LogP contribution in [0.5, 0.6) is 11.5 Å². The number of ketones is 1. The lowest BCUT2D eigenvalue weighted by molar-refractivity contribution is -0.139. The van der Waals surface area contributed by atoms with Crippen LogP contribution in [0.3, 0.4) is 0 Å². The first kappa shape index (κ1) is 19.1. The highest BCUT2D eigenvalue weighted by atomic mass is 16.5. The minimum Gasteiger partial charge on any atom is -0.508 e. The molecule has 150 valence electrons. The molecule has 1 amide bonds. The average Bonchev–Trinajstić information content (AvgIpc) is 3.19. The van der Waals surface area contributed by atoms with E-state index in [2.05, 4.69) is 0 Å². The summed E-state index contributed by atoms with van der Waals surface area (Å²) in [6.45, 7) is 4.29. The van der Waals surface area contributed by atoms with Gasteiger partial charge in [-0.2, -0.15) is 0 Å². The molecule has 0 bridgehead atoms. The maximum atomic E-state index is 12.9. The Labute approximate surface area is 169 Å². The molecule has 0 aromatic heterocycles. The highest BCUT2D eigenvalue weighted by Gasteiger charge is 2.45. The van der Waals surface area contributed by atoms with E-state index in [1.165, 1.54) is 17.0 Å². The molecule has 6 nitrogen and oxygen atoms in total. The second-order valence-electron chi connectivity index (χ2n) is 7.54. The van der Waals surface area contributed by atoms with E-state index in [1.807, 2.05) is 19.9 Å². The first-order valence-corrected chi connectivity index (χ1v) is 9.78. The van der Waals surface area contributed by atoms with Gasteiger partial charge in [-0.25, -0.2) is 0 Å². The third kappa shape index (κ3) is 3.24. The minimum absolute atomic E-state index is 0.0644. The van der Waals surface area contributed by atoms with Gasteiger partial charge in [0.15, 0.2) is 0 Å². The van der Waals surface area contributed by atoms with Crippen LogP contribution in [0.4, 0.5) is 0 Å². The SMILES string of the molecule is CCCN1C(=O)C(=O)/C(=C(\O)c2ccc3c(c2)CC(C)O3)C1c1ccc(O)cc1. The van der Waals surface area contributed by atoms with Crippen molar-refractivity contribution in [2.45, 2.75) is 38.8 Å². The number of ether oxygens (including phenoxy) is 1. The fourth-order valence-electron chi connectivity index (χ4n) is 4.08. The van der Waals surface area contributed by atoms with Crippen molar-refractivity contribution < 1.29 is 24.5 Å². The zero-order chi connectivity index (χ0) is 20.7. The lowest BCUT2D eigenvalue weighted by atomic mass is 9.94. The fourth-order valence-corrected chi connectivity index (χ4v) is 4.08. The first-order chi connectivity index (χ1) is 13.9. The number of Topliss-reactive ketones (excluding diaryl/α,β-unsaturated/α-hetero) is 1. The zero-order valence-electron chi connectivity index (χ0n) is 16.4. The maximum absolute atomic E-state index is 12.9. The predicted molar refractivity (Wildman–Crippen MR) is 108 cm³/mol. The van der Waals surface area contributed by atoms with Gasteiger partial charge < -0.3 is 19.8 Å². The number of aliphatic hydroxyl groups excluding tert-OH is 1. The van der Waals surface area contributed by atoms with Crippen LogP contribution in [0.2, 0.25) is 0 Å². The van der Waals surface area contributed by atoms with Gasteiger partial charge in [-0.1, -0.05) is 19.1 Å². The molecule has 1 saturated heterocycles. The van der Waals surface area contributed by atoms with E-state index >= 15 is 0 Å². The van der Waals surface area contributed by atoms with E-state index in [4.69, 9.17) is 4.74 Å². The summed E-state index contributed by atoms with van der Waals surface area (Å²) in [5.74, 6) is -0.643. The summed E-state index contributed by atoms with van der Waals surface area (Å²) in [6, 6.07) is 11.0. The third-order valence-corrected chi connectivity index (χ3v) is 5.38. The molecule has 2 aromatic carbocycles. The molecule has 6 heteroatoms. The molecule has 2 unspecified atom stereocenters. The monoisotopic (exact) mass is 393 g/mol. The minimum atomic E-state index is -0.695. The van der Waals surface area contributed by atoms with Crippen LogP contribution in [0.15, 0.2) is 48.0 Å². The topological polar surface area (TPSA) is 87.1 Å². The molecule has 2 heterocycles. The van der Waals surface area contributed by atoms with Crippen molar-refractivity contribution in [2.75, 3.05) is 6.54 Å². The number of phenolic OH excluding ortho intramolecular Hbond substituents is 1. The van der Waals surface area contributed by atoms with Crippen molar-refractivity contribution in [3.63, 3.8) is 0 Å². The maximum Gasteiger partial charge on any atom is 0.295 e. The van der Waals surface area contributed by atoms with Crippen molar-refractivity contribution in [3.05, 3.63) is 64.7 Å². The van der Waals surface area contributed by atoms with Gasteiger partial charge in [0.05, 0.1) is 11.6 Å². The normalized spacial score (nSPS) is 22.6. The summed E-state index contributed by atoms with van der Waals surface area (Å²) in [4.78, 5) is 27.0. The van der Waals surface area contributed by atoms with Crippen LogP contribution < -0.4 is 4.74 Å². The number of amides is 1. The number of fused-ring (bicyclic) bond motifs is 1. The second kappa shape index (κ2) is 7.28. The standard InChI is InChI=1S/C23H23NO5/c1-3-10-24-20(14-4-7-17(25)8-5-14)19(22(27)23(24)28)21(26)15-6-9-18-16(12-15)11-13(2)29-18/h4-9,12-13,20,25-26H,3,10-11H2,1-2H3/b21-19-. The van der Waals surface area contributed by atoms with Gasteiger partial charge >= 0.3 is 0 Å². The van der Waals surface area contributed by atoms with Gasteiger partial charge in [-0.15, -0.1) is 0 Å². The van der Waals surface area contributed by atoms with Crippen molar-refractivity contribution >= 4 is 17.4 Å². The smallest absolute Gasteiger partial charge is 0.295 e. The Bertz CT molecular complexity index is 1010. The van der Waals surface area contributed by atoms with Crippen LogP contribution in [-0.4, -0.2) is 39.5 Å². The molecule has 2 aliphatic rings. The van der Waals surface area contributed by atoms with E-state index < -0.39 is 17.7 Å². The van der Waals surface area contributed by atoms with E-state index in [0.717, 1.165) is 17.7 Å². The largest absolute Gasteiger partial charge is 0.508 e. The lowest BCUT2D eigenvalue weighted by Gasteiger charge is -2.24. The number of carbonyl (C=O) groups is 2. The molecule has 29 heavy (non-hydrogen) atoms. The zero-order valence-corrected chi connectivity index (χ0v) is 16.4. The van der Waals surface area contributed by atoms with Gasteiger partial charge in [-0.05, 0) is 54.8 Å². The first-order valence-electron chi connectivity index (χ1n) is 9.78. The van der Waals surface area contributed by atoms with Crippen LogP contribution >= 0.6 is 0 Å². The highest BCUT2D eigenvalue weighted by molar-refractivity contribution is 6.46. The molecule has 4 rings (SSSR count). The number of benzene rings is 2. The molecule has 0 aliphatic carbocycles. The number of carbonyl (C=O) groups excluding carboxylic acids is 2. The number of aromatic hydroxyl groups is 1. The molecule has 2 aliphatic heterocycles. The molecule has 2 atom stereocenters. The molecule has 2 N–H and O–H groups in total. The second-order valence-corrected chi connectivity index (χ2v) is 7.54. The van der Waals surface area contributed by atoms with Crippen LogP contribution in [0.1, 0.15) is 43.0 Å². The molecule has 0 saturated carbocycles. The summed E-state index contributed by atoms with van der Waals surface area (Å²) in [7, 11) is 0. The Hall–Kier alpha value is -3.28. The van der Waals surface area contributed by atoms with E-state index in [-0.39, 0.29) is 23.2 Å². The van der Waals surface area contributed by atoms with E-state index in [9.17, 15) is 19.8 Å². The average molecular weight is 393 g/mol. The van der Waals surface area contributed by atoms with Crippen LogP contribution in [0.25, 0.3) is 5.76 Å². The summed E-state index contributed by atoms with van der Waals surface area (Å²) >= 11 is 0. The summed E-state index contributed by atoms with van der Waals surface area (Å²) in [6.07, 6.45) is 1.46.